The molecule has 0 unspecified atom stereocenters. The number of hydrogen-bond donors (Lipinski definition) is 1. The Morgan fingerprint density at radius 1 is 1.45 bits per heavy atom. The number of thiophene rings is 1. The van der Waals surface area contributed by atoms with Crippen LogP contribution in [-0.4, -0.2) is 35.6 Å². The van der Waals surface area contributed by atoms with E-state index in [1.54, 1.807) is 0 Å². The first kappa shape index (κ1) is 15.1. The third-order valence-corrected chi connectivity index (χ3v) is 4.63. The normalized spacial score (nSPS) is 17.4. The first-order valence-corrected chi connectivity index (χ1v) is 7.88. The average Bonchev–Trinajstić information content (AvgIpc) is 2.87. The number of hydrogen-bond acceptors (Lipinski definition) is 3. The van der Waals surface area contributed by atoms with Crippen LogP contribution in [0.25, 0.3) is 0 Å². The molecule has 1 aromatic heterocycles. The number of nitrogens with zero attached hydrogens (tertiary/aromatic N) is 1. The van der Waals surface area contributed by atoms with Crippen LogP contribution in [0.3, 0.4) is 0 Å². The van der Waals surface area contributed by atoms with Crippen molar-refractivity contribution >= 4 is 17.2 Å². The Morgan fingerprint density at radius 3 is 2.80 bits per heavy atom. The maximum absolute atomic E-state index is 12.5. The number of carbonyl (C=O) groups is 1. The second-order valence-corrected chi connectivity index (χ2v) is 6.81. The minimum absolute atomic E-state index is 0.0572. The predicted molar refractivity (Wildman–Crippen MR) is 81.8 cm³/mol. The van der Waals surface area contributed by atoms with Crippen LogP contribution in [0, 0.1) is 17.3 Å². The van der Waals surface area contributed by atoms with E-state index in [0.717, 1.165) is 36.4 Å². The predicted octanol–water partition coefficient (Wildman–Crippen LogP) is 2.74. The van der Waals surface area contributed by atoms with Crippen LogP contribution in [0.5, 0.6) is 0 Å². The molecule has 20 heavy (non-hydrogen) atoms. The number of aliphatic hydroxyl groups is 1. The fourth-order valence-corrected chi connectivity index (χ4v) is 3.06. The van der Waals surface area contributed by atoms with Gasteiger partial charge in [-0.2, -0.15) is 0 Å². The van der Waals surface area contributed by atoms with Gasteiger partial charge < -0.3 is 10.0 Å². The lowest BCUT2D eigenvalue weighted by molar-refractivity contribution is 0.0635. The maximum atomic E-state index is 12.5. The number of aliphatic hydroxyl groups excluding tert-OH is 1. The second-order valence-electron chi connectivity index (χ2n) is 5.90. The quantitative estimate of drug-likeness (QED) is 0.851. The molecule has 4 heteroatoms. The highest BCUT2D eigenvalue weighted by atomic mass is 32.1. The van der Waals surface area contributed by atoms with Gasteiger partial charge in [-0.15, -0.1) is 11.3 Å². The SMILES string of the molecule is CC1(C)CCN(C(=O)c2sccc2C#CCCO)CC1. The Labute approximate surface area is 124 Å². The van der Waals surface area contributed by atoms with Crippen molar-refractivity contribution in [3.05, 3.63) is 21.9 Å². The summed E-state index contributed by atoms with van der Waals surface area (Å²) in [4.78, 5) is 15.2. The van der Waals surface area contributed by atoms with E-state index in [9.17, 15) is 4.79 Å². The summed E-state index contributed by atoms with van der Waals surface area (Å²) >= 11 is 1.45. The van der Waals surface area contributed by atoms with E-state index >= 15 is 0 Å². The Kier molecular flexibility index (Phi) is 4.85. The number of amides is 1. The van der Waals surface area contributed by atoms with Crippen LogP contribution >= 0.6 is 11.3 Å². The van der Waals surface area contributed by atoms with E-state index in [1.807, 2.05) is 16.3 Å². The molecule has 1 N–H and O–H groups in total. The molecule has 0 atom stereocenters. The molecule has 0 spiro atoms. The highest BCUT2D eigenvalue weighted by Gasteiger charge is 2.29. The number of piperidine rings is 1. The summed E-state index contributed by atoms with van der Waals surface area (Å²) in [5.74, 6) is 5.97. The molecule has 1 aliphatic heterocycles. The first-order chi connectivity index (χ1) is 9.53. The van der Waals surface area contributed by atoms with Crippen molar-refractivity contribution in [3.8, 4) is 11.8 Å². The topological polar surface area (TPSA) is 40.5 Å². The summed E-state index contributed by atoms with van der Waals surface area (Å²) in [6, 6.07) is 1.89. The van der Waals surface area contributed by atoms with Gasteiger partial charge in [0.1, 0.15) is 4.88 Å². The van der Waals surface area contributed by atoms with Gasteiger partial charge in [0.25, 0.3) is 5.91 Å². The van der Waals surface area contributed by atoms with Crippen molar-refractivity contribution in [2.75, 3.05) is 19.7 Å². The molecule has 1 fully saturated rings. The van der Waals surface area contributed by atoms with Crippen molar-refractivity contribution < 1.29 is 9.90 Å². The molecule has 0 bridgehead atoms. The van der Waals surface area contributed by atoms with E-state index in [4.69, 9.17) is 5.11 Å². The Hall–Kier alpha value is -1.31. The highest BCUT2D eigenvalue weighted by molar-refractivity contribution is 7.12. The minimum atomic E-state index is 0.0572. The van der Waals surface area contributed by atoms with Crippen LogP contribution < -0.4 is 0 Å². The van der Waals surface area contributed by atoms with Crippen LogP contribution in [0.4, 0.5) is 0 Å². The van der Waals surface area contributed by atoms with Crippen LogP contribution in [0.2, 0.25) is 0 Å². The zero-order valence-corrected chi connectivity index (χ0v) is 12.9. The van der Waals surface area contributed by atoms with Gasteiger partial charge in [-0.1, -0.05) is 25.7 Å². The molecule has 1 saturated heterocycles. The van der Waals surface area contributed by atoms with Crippen molar-refractivity contribution in [2.45, 2.75) is 33.1 Å². The molecule has 1 amide bonds. The summed E-state index contributed by atoms with van der Waals surface area (Å²) < 4.78 is 0. The lowest BCUT2D eigenvalue weighted by atomic mass is 9.82. The zero-order chi connectivity index (χ0) is 14.6. The van der Waals surface area contributed by atoms with Gasteiger partial charge in [-0.3, -0.25) is 4.79 Å². The Bertz CT molecular complexity index is 526. The smallest absolute Gasteiger partial charge is 0.265 e. The summed E-state index contributed by atoms with van der Waals surface area (Å²) in [6.07, 6.45) is 2.55. The van der Waals surface area contributed by atoms with Gasteiger partial charge >= 0.3 is 0 Å². The van der Waals surface area contributed by atoms with Gasteiger partial charge in [-0.05, 0) is 29.7 Å². The lowest BCUT2D eigenvalue weighted by Gasteiger charge is -2.36. The average molecular weight is 291 g/mol. The van der Waals surface area contributed by atoms with Gasteiger partial charge in [0, 0.05) is 25.1 Å². The van der Waals surface area contributed by atoms with Crippen molar-refractivity contribution in [3.63, 3.8) is 0 Å². The molecule has 0 saturated carbocycles. The standard InChI is InChI=1S/C16H21NO2S/c1-16(2)7-9-17(10-8-16)15(19)14-13(6-12-20-14)5-3-4-11-18/h6,12,18H,4,7-11H2,1-2H3. The van der Waals surface area contributed by atoms with Crippen LogP contribution in [0.15, 0.2) is 11.4 Å². The van der Waals surface area contributed by atoms with Gasteiger partial charge in [0.05, 0.1) is 6.61 Å². The van der Waals surface area contributed by atoms with Gasteiger partial charge in [-0.25, -0.2) is 0 Å². The second kappa shape index (κ2) is 6.43. The third kappa shape index (κ3) is 3.62. The van der Waals surface area contributed by atoms with E-state index in [2.05, 4.69) is 25.7 Å². The summed E-state index contributed by atoms with van der Waals surface area (Å²) in [6.45, 7) is 6.22. The first-order valence-electron chi connectivity index (χ1n) is 7.00. The molecule has 0 aliphatic carbocycles. The summed E-state index contributed by atoms with van der Waals surface area (Å²) in [7, 11) is 0. The molecule has 0 aromatic carbocycles. The largest absolute Gasteiger partial charge is 0.395 e. The Balaban J connectivity index is 2.07. The fraction of sp³-hybridized carbons (Fsp3) is 0.562. The monoisotopic (exact) mass is 291 g/mol. The van der Waals surface area contributed by atoms with Crippen molar-refractivity contribution in [1.82, 2.24) is 4.90 Å². The van der Waals surface area contributed by atoms with E-state index in [1.165, 1.54) is 11.3 Å². The summed E-state index contributed by atoms with van der Waals surface area (Å²) in [5.41, 5.74) is 1.13. The Morgan fingerprint density at radius 2 is 2.15 bits per heavy atom. The molecule has 1 aromatic rings. The van der Waals surface area contributed by atoms with E-state index < -0.39 is 0 Å². The number of likely N-dealkylation sites (tertiary alicyclic amines) is 1. The fourth-order valence-electron chi connectivity index (χ4n) is 2.25. The van der Waals surface area contributed by atoms with Gasteiger partial charge in [0.15, 0.2) is 0 Å². The molecule has 0 radical (unpaired) electrons. The van der Waals surface area contributed by atoms with Gasteiger partial charge in [0.2, 0.25) is 0 Å². The van der Waals surface area contributed by atoms with Crippen LogP contribution in [-0.2, 0) is 0 Å². The third-order valence-electron chi connectivity index (χ3n) is 3.72. The van der Waals surface area contributed by atoms with Crippen molar-refractivity contribution in [1.29, 1.82) is 0 Å². The van der Waals surface area contributed by atoms with E-state index in [-0.39, 0.29) is 12.5 Å². The maximum Gasteiger partial charge on any atom is 0.265 e. The number of rotatable bonds is 2. The molecule has 2 rings (SSSR count). The zero-order valence-electron chi connectivity index (χ0n) is 12.1. The molecular weight excluding hydrogens is 270 g/mol. The molecular formula is C16H21NO2S. The van der Waals surface area contributed by atoms with Crippen LogP contribution in [0.1, 0.15) is 48.3 Å². The molecule has 1 aliphatic rings. The highest BCUT2D eigenvalue weighted by Crippen LogP contribution is 2.31. The molecule has 3 nitrogen and oxygen atoms in total. The molecule has 2 heterocycles. The molecule has 108 valence electrons. The number of carbonyl (C=O) groups excluding carboxylic acids is 1. The lowest BCUT2D eigenvalue weighted by Crippen LogP contribution is -2.41. The minimum Gasteiger partial charge on any atom is -0.395 e. The van der Waals surface area contributed by atoms with Crippen molar-refractivity contribution in [2.24, 2.45) is 5.41 Å². The summed E-state index contributed by atoms with van der Waals surface area (Å²) in [5, 5.41) is 10.7. The van der Waals surface area contributed by atoms with E-state index in [0.29, 0.717) is 11.8 Å².